The van der Waals surface area contributed by atoms with Gasteiger partial charge in [0.05, 0.1) is 6.54 Å². The van der Waals surface area contributed by atoms with Crippen LogP contribution in [0.3, 0.4) is 0 Å². The number of aliphatic imine (C=N–C) groups is 1. The van der Waals surface area contributed by atoms with E-state index in [4.69, 9.17) is 14.5 Å². The zero-order valence-electron chi connectivity index (χ0n) is 17.9. The van der Waals surface area contributed by atoms with Crippen molar-refractivity contribution in [1.29, 1.82) is 0 Å². The van der Waals surface area contributed by atoms with Crippen molar-refractivity contribution in [2.45, 2.75) is 39.7 Å². The van der Waals surface area contributed by atoms with Gasteiger partial charge in [-0.25, -0.2) is 4.99 Å². The molecule has 1 N–H and O–H groups in total. The van der Waals surface area contributed by atoms with Gasteiger partial charge in [0.25, 0.3) is 0 Å². The summed E-state index contributed by atoms with van der Waals surface area (Å²) in [5.74, 6) is 2.67. The molecule has 1 saturated heterocycles. The number of carbonyl (C=O) groups excluding carboxylic acids is 1. The number of guanidine groups is 1. The van der Waals surface area contributed by atoms with E-state index in [1.54, 1.807) is 6.92 Å². The first-order valence-corrected chi connectivity index (χ1v) is 10.1. The van der Waals surface area contributed by atoms with Crippen LogP contribution in [0.1, 0.15) is 33.3 Å². The maximum atomic E-state index is 11.5. The van der Waals surface area contributed by atoms with Crippen molar-refractivity contribution in [2.75, 3.05) is 45.9 Å². The van der Waals surface area contributed by atoms with Crippen LogP contribution in [0.5, 0.6) is 11.5 Å². The Balaban J connectivity index is 0.00000300. The molecule has 0 aliphatic carbocycles. The van der Waals surface area contributed by atoms with Crippen LogP contribution in [0.2, 0.25) is 0 Å². The molecular weight excluding hydrogens is 483 g/mol. The van der Waals surface area contributed by atoms with E-state index < -0.39 is 0 Å². The number of carbonyl (C=O) groups is 1. The molecule has 0 atom stereocenters. The van der Waals surface area contributed by atoms with Crippen LogP contribution in [-0.2, 0) is 11.2 Å². The summed E-state index contributed by atoms with van der Waals surface area (Å²) in [6, 6.07) is 6.07. The fourth-order valence-electron chi connectivity index (χ4n) is 3.67. The number of nitrogens with zero attached hydrogens (tertiary/aromatic N) is 3. The molecule has 8 heteroatoms. The summed E-state index contributed by atoms with van der Waals surface area (Å²) in [6.07, 6.45) is 0.897. The Kier molecular flexibility index (Phi) is 8.42. The maximum absolute atomic E-state index is 11.5. The summed E-state index contributed by atoms with van der Waals surface area (Å²) in [4.78, 5) is 20.3. The molecule has 1 amide bonds. The van der Waals surface area contributed by atoms with E-state index >= 15 is 0 Å². The van der Waals surface area contributed by atoms with Crippen molar-refractivity contribution < 1.29 is 14.3 Å². The zero-order valence-corrected chi connectivity index (χ0v) is 20.2. The van der Waals surface area contributed by atoms with Crippen LogP contribution in [0.4, 0.5) is 0 Å². The number of hydrogen-bond donors (Lipinski definition) is 1. The number of hydrogen-bond acceptors (Lipinski definition) is 4. The van der Waals surface area contributed by atoms with Crippen molar-refractivity contribution in [3.63, 3.8) is 0 Å². The van der Waals surface area contributed by atoms with E-state index in [-0.39, 0.29) is 35.5 Å². The van der Waals surface area contributed by atoms with Gasteiger partial charge in [0, 0.05) is 51.6 Å². The van der Waals surface area contributed by atoms with E-state index in [0.29, 0.717) is 13.2 Å². The normalized spacial score (nSPS) is 17.9. The Morgan fingerprint density at radius 2 is 1.93 bits per heavy atom. The Morgan fingerprint density at radius 1 is 1.24 bits per heavy atom. The summed E-state index contributed by atoms with van der Waals surface area (Å²) in [5, 5.41) is 3.34. The van der Waals surface area contributed by atoms with Gasteiger partial charge in [-0.1, -0.05) is 12.1 Å². The largest absolute Gasteiger partial charge is 0.488 e. The lowest BCUT2D eigenvalue weighted by Crippen LogP contribution is -2.53. The van der Waals surface area contributed by atoms with Crippen molar-refractivity contribution in [3.05, 3.63) is 23.8 Å². The van der Waals surface area contributed by atoms with Crippen LogP contribution < -0.4 is 14.8 Å². The number of amides is 1. The van der Waals surface area contributed by atoms with Crippen LogP contribution in [0, 0.1) is 0 Å². The predicted molar refractivity (Wildman–Crippen MR) is 126 cm³/mol. The second-order valence-electron chi connectivity index (χ2n) is 7.86. The minimum Gasteiger partial charge on any atom is -0.488 e. The third-order valence-electron chi connectivity index (χ3n) is 5.02. The van der Waals surface area contributed by atoms with Gasteiger partial charge in [-0.3, -0.25) is 4.79 Å². The SMILES string of the molecule is CCNC(=NCCOc1cccc2c1OC(C)(C)C2)N1CCN(C(C)=O)CC1.I. The molecule has 0 saturated carbocycles. The van der Waals surface area contributed by atoms with Crippen molar-refractivity contribution in [3.8, 4) is 11.5 Å². The van der Waals surface area contributed by atoms with Crippen molar-refractivity contribution in [2.24, 2.45) is 4.99 Å². The lowest BCUT2D eigenvalue weighted by Gasteiger charge is -2.36. The molecule has 1 aromatic rings. The number of nitrogens with one attached hydrogen (secondary N) is 1. The molecule has 2 aliphatic heterocycles. The van der Waals surface area contributed by atoms with Crippen LogP contribution in [0.25, 0.3) is 0 Å². The molecule has 162 valence electrons. The minimum atomic E-state index is -0.180. The first-order valence-electron chi connectivity index (χ1n) is 10.1. The first-order chi connectivity index (χ1) is 13.4. The van der Waals surface area contributed by atoms with Gasteiger partial charge < -0.3 is 24.6 Å². The molecule has 1 fully saturated rings. The fraction of sp³-hybridized carbons (Fsp3) is 0.619. The summed E-state index contributed by atoms with van der Waals surface area (Å²) in [7, 11) is 0. The predicted octanol–water partition coefficient (Wildman–Crippen LogP) is 2.53. The average molecular weight is 516 g/mol. The maximum Gasteiger partial charge on any atom is 0.219 e. The summed E-state index contributed by atoms with van der Waals surface area (Å²) in [5.41, 5.74) is 1.02. The number of halogens is 1. The average Bonchev–Trinajstić information content (AvgIpc) is 2.99. The van der Waals surface area contributed by atoms with E-state index in [1.165, 1.54) is 5.56 Å². The molecule has 2 heterocycles. The second kappa shape index (κ2) is 10.4. The zero-order chi connectivity index (χ0) is 20.1. The number of para-hydroxylation sites is 1. The van der Waals surface area contributed by atoms with E-state index in [2.05, 4.69) is 37.1 Å². The van der Waals surface area contributed by atoms with Gasteiger partial charge in [-0.15, -0.1) is 24.0 Å². The third kappa shape index (κ3) is 6.13. The lowest BCUT2D eigenvalue weighted by molar-refractivity contribution is -0.130. The van der Waals surface area contributed by atoms with Gasteiger partial charge in [0.15, 0.2) is 17.5 Å². The Hall–Kier alpha value is -1.71. The molecule has 3 rings (SSSR count). The van der Waals surface area contributed by atoms with E-state index in [0.717, 1.165) is 56.6 Å². The summed E-state index contributed by atoms with van der Waals surface area (Å²) >= 11 is 0. The minimum absolute atomic E-state index is 0. The van der Waals surface area contributed by atoms with Crippen LogP contribution in [-0.4, -0.2) is 73.1 Å². The monoisotopic (exact) mass is 516 g/mol. The quantitative estimate of drug-likeness (QED) is 0.282. The number of piperazine rings is 1. The van der Waals surface area contributed by atoms with Gasteiger partial charge in [0.2, 0.25) is 5.91 Å². The van der Waals surface area contributed by atoms with Crippen molar-refractivity contribution in [1.82, 2.24) is 15.1 Å². The molecular formula is C21H33IN4O3. The highest BCUT2D eigenvalue weighted by Crippen LogP contribution is 2.41. The highest BCUT2D eigenvalue weighted by Gasteiger charge is 2.32. The van der Waals surface area contributed by atoms with Gasteiger partial charge in [-0.2, -0.15) is 0 Å². The molecule has 0 radical (unpaired) electrons. The van der Waals surface area contributed by atoms with Crippen LogP contribution in [0.15, 0.2) is 23.2 Å². The topological polar surface area (TPSA) is 66.4 Å². The fourth-order valence-corrected chi connectivity index (χ4v) is 3.67. The van der Waals surface area contributed by atoms with E-state index in [9.17, 15) is 4.79 Å². The van der Waals surface area contributed by atoms with E-state index in [1.807, 2.05) is 17.0 Å². The molecule has 0 spiro atoms. The highest BCUT2D eigenvalue weighted by molar-refractivity contribution is 14.0. The highest BCUT2D eigenvalue weighted by atomic mass is 127. The molecule has 29 heavy (non-hydrogen) atoms. The number of benzene rings is 1. The molecule has 0 unspecified atom stereocenters. The number of fused-ring (bicyclic) bond motifs is 1. The Bertz CT molecular complexity index is 731. The third-order valence-corrected chi connectivity index (χ3v) is 5.02. The van der Waals surface area contributed by atoms with Crippen molar-refractivity contribution >= 4 is 35.8 Å². The molecule has 1 aromatic carbocycles. The summed E-state index contributed by atoms with van der Waals surface area (Å²) < 4.78 is 12.0. The summed E-state index contributed by atoms with van der Waals surface area (Å²) in [6.45, 7) is 12.8. The molecule has 2 aliphatic rings. The number of rotatable bonds is 5. The molecule has 0 bridgehead atoms. The molecule has 0 aromatic heterocycles. The van der Waals surface area contributed by atoms with Gasteiger partial charge >= 0.3 is 0 Å². The first kappa shape index (κ1) is 23.6. The van der Waals surface area contributed by atoms with Gasteiger partial charge in [0.1, 0.15) is 12.2 Å². The van der Waals surface area contributed by atoms with Gasteiger partial charge in [-0.05, 0) is 26.8 Å². The number of ether oxygens (including phenoxy) is 2. The van der Waals surface area contributed by atoms with Crippen LogP contribution >= 0.6 is 24.0 Å². The lowest BCUT2D eigenvalue weighted by atomic mass is 10.0. The smallest absolute Gasteiger partial charge is 0.219 e. The Labute approximate surface area is 190 Å². The second-order valence-corrected chi connectivity index (χ2v) is 7.86. The Morgan fingerprint density at radius 3 is 2.59 bits per heavy atom. The molecule has 7 nitrogen and oxygen atoms in total. The standard InChI is InChI=1S/C21H32N4O3.HI/c1-5-22-20(25-12-10-24(11-13-25)16(2)26)23-9-14-27-18-8-6-7-17-15-21(3,4)28-19(17)18;/h6-8H,5,9-15H2,1-4H3,(H,22,23);1H.